The minimum atomic E-state index is 0.443. The molecule has 0 aromatic rings. The van der Waals surface area contributed by atoms with Crippen LogP contribution in [-0.4, -0.2) is 54.1 Å². The zero-order chi connectivity index (χ0) is 10.7. The van der Waals surface area contributed by atoms with E-state index in [1.165, 1.54) is 37.3 Å². The highest BCUT2D eigenvalue weighted by Crippen LogP contribution is 2.30. The van der Waals surface area contributed by atoms with Crippen LogP contribution < -0.4 is 0 Å². The number of halogens is 1. The van der Waals surface area contributed by atoms with Crippen molar-refractivity contribution in [2.45, 2.75) is 37.5 Å². The van der Waals surface area contributed by atoms with Crippen molar-refractivity contribution < 1.29 is 4.74 Å². The first-order chi connectivity index (χ1) is 7.36. The van der Waals surface area contributed by atoms with Gasteiger partial charge < -0.3 is 4.74 Å². The molecule has 1 aliphatic carbocycles. The molecule has 3 atom stereocenters. The molecule has 2 nitrogen and oxygen atoms in total. The molecule has 0 aromatic heterocycles. The summed E-state index contributed by atoms with van der Waals surface area (Å²) < 4.78 is 5.58. The largest absolute Gasteiger partial charge is 0.380 e. The summed E-state index contributed by atoms with van der Waals surface area (Å²) in [6.07, 6.45) is 4.26. The average molecular weight is 250 g/mol. The second-order valence-corrected chi connectivity index (χ2v) is 5.85. The van der Waals surface area contributed by atoms with Crippen LogP contribution in [0.3, 0.4) is 0 Å². The van der Waals surface area contributed by atoms with Crippen LogP contribution in [0.2, 0.25) is 0 Å². The third-order valence-corrected chi connectivity index (χ3v) is 5.05. The standard InChI is InChI=1S/C11H20ClNOS/c1-14-11-4-2-3-10(11)13-5-6-15-8-9(13)7-12/h9-11H,2-8H2,1H3. The molecule has 2 fully saturated rings. The van der Waals surface area contributed by atoms with Crippen molar-refractivity contribution in [2.75, 3.05) is 31.0 Å². The van der Waals surface area contributed by atoms with Gasteiger partial charge in [-0.1, -0.05) is 0 Å². The van der Waals surface area contributed by atoms with Crippen LogP contribution in [-0.2, 0) is 4.74 Å². The summed E-state index contributed by atoms with van der Waals surface area (Å²) in [6.45, 7) is 1.19. The van der Waals surface area contributed by atoms with Gasteiger partial charge in [-0.25, -0.2) is 0 Å². The quantitative estimate of drug-likeness (QED) is 0.712. The van der Waals surface area contributed by atoms with Gasteiger partial charge in [0.15, 0.2) is 0 Å². The van der Waals surface area contributed by atoms with Gasteiger partial charge in [0.05, 0.1) is 6.10 Å². The fourth-order valence-corrected chi connectivity index (χ4v) is 4.30. The fourth-order valence-electron chi connectivity index (χ4n) is 2.80. The lowest BCUT2D eigenvalue weighted by atomic mass is 10.1. The van der Waals surface area contributed by atoms with Crippen molar-refractivity contribution in [2.24, 2.45) is 0 Å². The van der Waals surface area contributed by atoms with E-state index in [0.29, 0.717) is 18.2 Å². The van der Waals surface area contributed by atoms with E-state index >= 15 is 0 Å². The number of methoxy groups -OCH3 is 1. The van der Waals surface area contributed by atoms with Gasteiger partial charge >= 0.3 is 0 Å². The smallest absolute Gasteiger partial charge is 0.0726 e. The predicted molar refractivity (Wildman–Crippen MR) is 67.0 cm³/mol. The minimum Gasteiger partial charge on any atom is -0.380 e. The van der Waals surface area contributed by atoms with Crippen molar-refractivity contribution >= 4 is 23.4 Å². The summed E-state index contributed by atoms with van der Waals surface area (Å²) in [7, 11) is 1.84. The first-order valence-corrected chi connectivity index (χ1v) is 7.48. The minimum absolute atomic E-state index is 0.443. The van der Waals surface area contributed by atoms with Gasteiger partial charge in [-0.15, -0.1) is 11.6 Å². The van der Waals surface area contributed by atoms with Gasteiger partial charge in [0.1, 0.15) is 0 Å². The Balaban J connectivity index is 1.99. The number of hydrogen-bond acceptors (Lipinski definition) is 3. The highest BCUT2D eigenvalue weighted by atomic mass is 35.5. The van der Waals surface area contributed by atoms with Gasteiger partial charge in [-0.2, -0.15) is 11.8 Å². The first kappa shape index (κ1) is 12.0. The molecule has 1 saturated heterocycles. The van der Waals surface area contributed by atoms with Gasteiger partial charge in [0, 0.05) is 43.1 Å². The Labute approximate surface area is 102 Å². The summed E-state index contributed by atoms with van der Waals surface area (Å²) in [6, 6.07) is 1.19. The van der Waals surface area contributed by atoms with E-state index in [1.807, 2.05) is 18.9 Å². The highest BCUT2D eigenvalue weighted by molar-refractivity contribution is 7.99. The normalized spacial score (nSPS) is 38.4. The van der Waals surface area contributed by atoms with Crippen LogP contribution in [0.1, 0.15) is 19.3 Å². The summed E-state index contributed by atoms with van der Waals surface area (Å²) >= 11 is 8.08. The molecule has 1 heterocycles. The van der Waals surface area contributed by atoms with Crippen molar-refractivity contribution in [1.29, 1.82) is 0 Å². The molecule has 0 amide bonds. The van der Waals surface area contributed by atoms with Crippen molar-refractivity contribution in [1.82, 2.24) is 4.90 Å². The van der Waals surface area contributed by atoms with Crippen molar-refractivity contribution in [3.63, 3.8) is 0 Å². The van der Waals surface area contributed by atoms with Crippen LogP contribution in [0.4, 0.5) is 0 Å². The van der Waals surface area contributed by atoms with Crippen LogP contribution in [0.25, 0.3) is 0 Å². The Hall–Kier alpha value is 0.560. The Morgan fingerprint density at radius 2 is 2.33 bits per heavy atom. The third-order valence-electron chi connectivity index (χ3n) is 3.60. The zero-order valence-electron chi connectivity index (χ0n) is 9.32. The zero-order valence-corrected chi connectivity index (χ0v) is 10.9. The summed E-state index contributed by atoms with van der Waals surface area (Å²) in [4.78, 5) is 2.60. The number of nitrogens with zero attached hydrogens (tertiary/aromatic N) is 1. The summed E-state index contributed by atoms with van der Waals surface area (Å²) in [5.74, 6) is 3.21. The molecule has 2 aliphatic rings. The van der Waals surface area contributed by atoms with Crippen molar-refractivity contribution in [3.8, 4) is 0 Å². The van der Waals surface area contributed by atoms with Crippen LogP contribution >= 0.6 is 23.4 Å². The molecule has 0 bridgehead atoms. The van der Waals surface area contributed by atoms with Gasteiger partial charge in [0.2, 0.25) is 0 Å². The molecule has 0 N–H and O–H groups in total. The lowest BCUT2D eigenvalue weighted by Gasteiger charge is -2.40. The first-order valence-electron chi connectivity index (χ1n) is 5.79. The lowest BCUT2D eigenvalue weighted by molar-refractivity contribution is 0.0228. The number of rotatable bonds is 3. The van der Waals surface area contributed by atoms with Gasteiger partial charge in [-0.05, 0) is 19.3 Å². The SMILES string of the molecule is COC1CCCC1N1CCSCC1CCl. The molecule has 15 heavy (non-hydrogen) atoms. The summed E-state index contributed by atoms with van der Waals surface area (Å²) in [5, 5.41) is 0. The van der Waals surface area contributed by atoms with E-state index in [2.05, 4.69) is 4.90 Å². The molecule has 3 unspecified atom stereocenters. The predicted octanol–water partition coefficient (Wildman–Crippen LogP) is 2.21. The topological polar surface area (TPSA) is 12.5 Å². The van der Waals surface area contributed by atoms with Crippen LogP contribution in [0.5, 0.6) is 0 Å². The number of thioether (sulfide) groups is 1. The number of alkyl halides is 1. The monoisotopic (exact) mass is 249 g/mol. The van der Waals surface area contributed by atoms with Crippen LogP contribution in [0, 0.1) is 0 Å². The molecular formula is C11H20ClNOS. The Morgan fingerprint density at radius 3 is 3.07 bits per heavy atom. The molecule has 2 rings (SSSR count). The molecule has 0 spiro atoms. The molecule has 1 aliphatic heterocycles. The van der Waals surface area contributed by atoms with Crippen LogP contribution in [0.15, 0.2) is 0 Å². The Morgan fingerprint density at radius 1 is 1.47 bits per heavy atom. The summed E-state index contributed by atoms with van der Waals surface area (Å²) in [5.41, 5.74) is 0. The Bertz CT molecular complexity index is 205. The molecular weight excluding hydrogens is 230 g/mol. The lowest BCUT2D eigenvalue weighted by Crippen LogP contribution is -2.52. The highest BCUT2D eigenvalue weighted by Gasteiger charge is 2.36. The maximum absolute atomic E-state index is 6.05. The molecule has 0 radical (unpaired) electrons. The average Bonchev–Trinajstić information content (AvgIpc) is 2.76. The number of hydrogen-bond donors (Lipinski definition) is 0. The molecule has 1 saturated carbocycles. The fraction of sp³-hybridized carbons (Fsp3) is 1.00. The van der Waals surface area contributed by atoms with Gasteiger partial charge in [0.25, 0.3) is 0 Å². The maximum atomic E-state index is 6.05. The molecule has 88 valence electrons. The molecule has 0 aromatic carbocycles. The molecule has 4 heteroatoms. The van der Waals surface area contributed by atoms with Gasteiger partial charge in [-0.3, -0.25) is 4.90 Å². The van der Waals surface area contributed by atoms with E-state index in [4.69, 9.17) is 16.3 Å². The second-order valence-electron chi connectivity index (χ2n) is 4.39. The Kier molecular flexibility index (Phi) is 4.62. The van der Waals surface area contributed by atoms with E-state index < -0.39 is 0 Å². The van der Waals surface area contributed by atoms with E-state index in [-0.39, 0.29) is 0 Å². The maximum Gasteiger partial charge on any atom is 0.0726 e. The number of ether oxygens (including phenoxy) is 1. The van der Waals surface area contributed by atoms with E-state index in [1.54, 1.807) is 0 Å². The van der Waals surface area contributed by atoms with E-state index in [9.17, 15) is 0 Å². The van der Waals surface area contributed by atoms with E-state index in [0.717, 1.165) is 5.88 Å². The second kappa shape index (κ2) is 5.76. The third kappa shape index (κ3) is 2.63. The van der Waals surface area contributed by atoms with Crippen molar-refractivity contribution in [3.05, 3.63) is 0 Å².